The molecule has 2 N–H and O–H groups in total. The lowest BCUT2D eigenvalue weighted by atomic mass is 10.1. The molecule has 0 saturated heterocycles. The van der Waals surface area contributed by atoms with Crippen LogP contribution in [0.5, 0.6) is 0 Å². The molecule has 0 saturated carbocycles. The lowest BCUT2D eigenvalue weighted by molar-refractivity contribution is 0.700. The molecule has 0 fully saturated rings. The van der Waals surface area contributed by atoms with E-state index in [1.54, 1.807) is 0 Å². The molecule has 0 amide bonds. The first-order valence-electron chi connectivity index (χ1n) is 3.86. The van der Waals surface area contributed by atoms with Crippen LogP contribution in [0.2, 0.25) is 0 Å². The smallest absolute Gasteiger partial charge is 0.0800 e. The number of aryl methyl sites for hydroxylation is 1. The number of rotatable bonds is 3. The predicted octanol–water partition coefficient (Wildman–Crippen LogP) is 1.51. The van der Waals surface area contributed by atoms with Crippen LogP contribution in [0.25, 0.3) is 0 Å². The van der Waals surface area contributed by atoms with E-state index >= 15 is 0 Å². The Hall–Kier alpha value is -0.480. The summed E-state index contributed by atoms with van der Waals surface area (Å²) in [6.07, 6.45) is 1.89. The Balaban J connectivity index is 2.83. The normalized spacial score (nSPS) is 13.4. The molecule has 4 heteroatoms. The van der Waals surface area contributed by atoms with Gasteiger partial charge in [0.1, 0.15) is 0 Å². The van der Waals surface area contributed by atoms with Gasteiger partial charge < -0.3 is 5.73 Å². The molecule has 0 aliphatic heterocycles. The molecular weight excluding hydrogens is 158 g/mol. The fourth-order valence-corrected chi connectivity index (χ4v) is 1.75. The van der Waals surface area contributed by atoms with Crippen molar-refractivity contribution in [3.05, 3.63) is 10.6 Å². The van der Waals surface area contributed by atoms with Gasteiger partial charge in [0.25, 0.3) is 0 Å². The molecule has 11 heavy (non-hydrogen) atoms. The van der Waals surface area contributed by atoms with Gasteiger partial charge in [-0.25, -0.2) is 0 Å². The van der Waals surface area contributed by atoms with Crippen LogP contribution in [0.15, 0.2) is 0 Å². The zero-order valence-corrected chi connectivity index (χ0v) is 7.69. The third kappa shape index (κ3) is 1.75. The highest BCUT2D eigenvalue weighted by Crippen LogP contribution is 2.20. The number of hydrogen-bond acceptors (Lipinski definition) is 4. The van der Waals surface area contributed by atoms with Crippen molar-refractivity contribution in [1.29, 1.82) is 0 Å². The van der Waals surface area contributed by atoms with Gasteiger partial charge in [0, 0.05) is 6.04 Å². The Kier molecular flexibility index (Phi) is 2.96. The minimum atomic E-state index is 0.130. The predicted molar refractivity (Wildman–Crippen MR) is 46.5 cm³/mol. The monoisotopic (exact) mass is 171 g/mol. The van der Waals surface area contributed by atoms with Crippen LogP contribution in [-0.4, -0.2) is 9.59 Å². The van der Waals surface area contributed by atoms with Gasteiger partial charge >= 0.3 is 0 Å². The van der Waals surface area contributed by atoms with Crippen molar-refractivity contribution in [2.45, 2.75) is 32.7 Å². The third-order valence-electron chi connectivity index (χ3n) is 1.70. The van der Waals surface area contributed by atoms with E-state index in [4.69, 9.17) is 5.73 Å². The molecule has 1 rings (SSSR count). The number of aromatic nitrogens is 2. The van der Waals surface area contributed by atoms with E-state index in [2.05, 4.69) is 23.4 Å². The molecule has 0 spiro atoms. The molecule has 1 atom stereocenters. The Labute approximate surface area is 70.8 Å². The lowest BCUT2D eigenvalue weighted by Gasteiger charge is -2.04. The van der Waals surface area contributed by atoms with Crippen LogP contribution in [0.4, 0.5) is 0 Å². The molecule has 1 aromatic heterocycles. The van der Waals surface area contributed by atoms with Crippen LogP contribution in [-0.2, 0) is 6.42 Å². The van der Waals surface area contributed by atoms with Crippen LogP contribution < -0.4 is 5.73 Å². The second kappa shape index (κ2) is 3.78. The Morgan fingerprint density at radius 1 is 1.55 bits per heavy atom. The Bertz CT molecular complexity index is 221. The van der Waals surface area contributed by atoms with Crippen molar-refractivity contribution < 1.29 is 0 Å². The average molecular weight is 171 g/mol. The molecule has 0 aromatic carbocycles. The van der Waals surface area contributed by atoms with E-state index in [-0.39, 0.29) is 6.04 Å². The highest BCUT2D eigenvalue weighted by Gasteiger charge is 2.11. The molecule has 0 bridgehead atoms. The second-order valence-corrected chi connectivity index (χ2v) is 3.24. The maximum atomic E-state index is 5.85. The summed E-state index contributed by atoms with van der Waals surface area (Å²) in [6, 6.07) is 0.130. The summed E-state index contributed by atoms with van der Waals surface area (Å²) in [4.78, 5) is 1.15. The fourth-order valence-electron chi connectivity index (χ4n) is 0.928. The zero-order valence-electron chi connectivity index (χ0n) is 6.87. The first kappa shape index (κ1) is 8.62. The van der Waals surface area contributed by atoms with Crippen LogP contribution in [0, 0.1) is 0 Å². The first-order valence-corrected chi connectivity index (χ1v) is 4.63. The average Bonchev–Trinajstić information content (AvgIpc) is 2.50. The van der Waals surface area contributed by atoms with Gasteiger partial charge in [0.05, 0.1) is 10.6 Å². The molecular formula is C7H13N3S. The van der Waals surface area contributed by atoms with Crippen molar-refractivity contribution in [3.8, 4) is 0 Å². The molecule has 1 unspecified atom stereocenters. The van der Waals surface area contributed by atoms with Gasteiger partial charge in [0.15, 0.2) is 0 Å². The van der Waals surface area contributed by atoms with Gasteiger partial charge in [-0.2, -0.15) is 0 Å². The minimum Gasteiger partial charge on any atom is -0.323 e. The second-order valence-electron chi connectivity index (χ2n) is 2.45. The molecule has 62 valence electrons. The summed E-state index contributed by atoms with van der Waals surface area (Å²) in [5.74, 6) is 0. The fraction of sp³-hybridized carbons (Fsp3) is 0.714. The van der Waals surface area contributed by atoms with E-state index in [9.17, 15) is 0 Å². The van der Waals surface area contributed by atoms with Crippen LogP contribution in [0.1, 0.15) is 36.9 Å². The zero-order chi connectivity index (χ0) is 8.27. The number of nitrogens with two attached hydrogens (primary N) is 1. The van der Waals surface area contributed by atoms with Gasteiger partial charge in [0.2, 0.25) is 0 Å². The molecule has 0 aliphatic rings. The van der Waals surface area contributed by atoms with Crippen LogP contribution in [0.3, 0.4) is 0 Å². The van der Waals surface area contributed by atoms with E-state index in [1.807, 2.05) is 0 Å². The maximum Gasteiger partial charge on any atom is 0.0800 e. The molecule has 1 aromatic rings. The van der Waals surface area contributed by atoms with E-state index in [0.717, 1.165) is 23.4 Å². The summed E-state index contributed by atoms with van der Waals surface area (Å²) < 4.78 is 3.87. The number of hydrogen-bond donors (Lipinski definition) is 1. The largest absolute Gasteiger partial charge is 0.323 e. The summed E-state index contributed by atoms with van der Waals surface area (Å²) in [5, 5.41) is 3.99. The van der Waals surface area contributed by atoms with Crippen molar-refractivity contribution in [2.24, 2.45) is 5.73 Å². The van der Waals surface area contributed by atoms with Crippen molar-refractivity contribution in [2.75, 3.05) is 0 Å². The highest BCUT2D eigenvalue weighted by atomic mass is 32.1. The topological polar surface area (TPSA) is 51.8 Å². The van der Waals surface area contributed by atoms with Crippen molar-refractivity contribution in [1.82, 2.24) is 9.59 Å². The Morgan fingerprint density at radius 3 is 2.82 bits per heavy atom. The van der Waals surface area contributed by atoms with Gasteiger partial charge in [-0.05, 0) is 24.4 Å². The molecule has 1 heterocycles. The molecule has 3 nitrogen and oxygen atoms in total. The minimum absolute atomic E-state index is 0.130. The first-order chi connectivity index (χ1) is 5.29. The summed E-state index contributed by atoms with van der Waals surface area (Å²) >= 11 is 1.42. The third-order valence-corrected chi connectivity index (χ3v) is 2.59. The Morgan fingerprint density at radius 2 is 2.27 bits per heavy atom. The maximum absolute atomic E-state index is 5.85. The van der Waals surface area contributed by atoms with Gasteiger partial charge in [-0.15, -0.1) is 5.10 Å². The van der Waals surface area contributed by atoms with Crippen molar-refractivity contribution >= 4 is 11.5 Å². The van der Waals surface area contributed by atoms with Gasteiger partial charge in [-0.1, -0.05) is 18.3 Å². The quantitative estimate of drug-likeness (QED) is 0.750. The SMILES string of the molecule is CCc1nnsc1C(N)CC. The van der Waals surface area contributed by atoms with E-state index in [1.165, 1.54) is 11.5 Å². The molecule has 0 radical (unpaired) electrons. The number of nitrogens with zero attached hydrogens (tertiary/aromatic N) is 2. The summed E-state index contributed by atoms with van der Waals surface area (Å²) in [6.45, 7) is 4.15. The standard InChI is InChI=1S/C7H13N3S/c1-3-5(8)7-6(4-2)9-10-11-7/h5H,3-4,8H2,1-2H3. The van der Waals surface area contributed by atoms with E-state index < -0.39 is 0 Å². The van der Waals surface area contributed by atoms with E-state index in [0.29, 0.717) is 0 Å². The molecule has 0 aliphatic carbocycles. The summed E-state index contributed by atoms with van der Waals surface area (Å²) in [7, 11) is 0. The van der Waals surface area contributed by atoms with Crippen molar-refractivity contribution in [3.63, 3.8) is 0 Å². The van der Waals surface area contributed by atoms with Crippen LogP contribution >= 0.6 is 11.5 Å². The van der Waals surface area contributed by atoms with Gasteiger partial charge in [-0.3, -0.25) is 0 Å². The summed E-state index contributed by atoms with van der Waals surface area (Å²) in [5.41, 5.74) is 6.91. The highest BCUT2D eigenvalue weighted by molar-refractivity contribution is 7.05. The lowest BCUT2D eigenvalue weighted by Crippen LogP contribution is -2.08.